The van der Waals surface area contributed by atoms with Gasteiger partial charge in [-0.2, -0.15) is 0 Å². The van der Waals surface area contributed by atoms with Crippen molar-refractivity contribution in [3.05, 3.63) is 449 Å². The number of rotatable bonds is 15. The first-order valence-electron chi connectivity index (χ1n) is 41.7. The Kier molecular flexibility index (Phi) is 17.0. The van der Waals surface area contributed by atoms with Crippen molar-refractivity contribution in [1.29, 1.82) is 0 Å². The summed E-state index contributed by atoms with van der Waals surface area (Å²) in [6.45, 7) is 0. The van der Waals surface area contributed by atoms with Gasteiger partial charge in [0, 0.05) is 107 Å². The van der Waals surface area contributed by atoms with Crippen molar-refractivity contribution in [2.75, 3.05) is 9.80 Å². The summed E-state index contributed by atoms with van der Waals surface area (Å²) in [5.41, 5.74) is 29.9. The summed E-state index contributed by atoms with van der Waals surface area (Å²) < 4.78 is 9.88. The molecule has 570 valence electrons. The first-order valence-corrected chi connectivity index (χ1v) is 43.4. The number of benzene rings is 20. The molecule has 4 aromatic heterocycles. The standard InChI is InChI=1S/C116H74N4S2/c1-2-27-91-78(22-1)23-18-35-92(91)79-54-50-77(51-55-79)81-24-17-26-90(73-81)118(87-64-68-89(69-65-87)120-109-43-14-5-30-97(109)98-31-6-15-44-110(98)120)106-40-11-8-33-100(106)102-38-21-47-114-116(102)104-74-83(59-71-112(104)122-114)82-58-70-94-84(72-82)25-19-36-93(94)80-52-48-75(49-53-80)76-56-60-85(61-57-76)117(86-62-66-88(67-63-86)119-107-41-12-3-28-95(107)96-29-4-13-42-108(96)119)105-39-10-7-32-99(105)101-37-20-46-113-115(101)103-34-9-16-45-111(103)121-113/h1-74H. The highest BCUT2D eigenvalue weighted by Gasteiger charge is 2.25. The van der Waals surface area contributed by atoms with Crippen molar-refractivity contribution in [3.8, 4) is 89.3 Å². The van der Waals surface area contributed by atoms with Crippen molar-refractivity contribution >= 4 is 162 Å². The summed E-state index contributed by atoms with van der Waals surface area (Å²) in [5, 5.41) is 15.0. The molecule has 0 saturated carbocycles. The van der Waals surface area contributed by atoms with Crippen LogP contribution < -0.4 is 9.80 Å². The topological polar surface area (TPSA) is 16.3 Å². The first kappa shape index (κ1) is 70.7. The van der Waals surface area contributed by atoms with E-state index in [0.717, 1.165) is 73.3 Å². The Labute approximate surface area is 714 Å². The van der Waals surface area contributed by atoms with Crippen molar-refractivity contribution in [2.45, 2.75) is 0 Å². The van der Waals surface area contributed by atoms with Crippen LogP contribution in [0.1, 0.15) is 0 Å². The second kappa shape index (κ2) is 29.3. The molecule has 4 nitrogen and oxygen atoms in total. The first-order chi connectivity index (χ1) is 60.5. The lowest BCUT2D eigenvalue weighted by atomic mass is 9.93. The Bertz CT molecular complexity index is 8140. The van der Waals surface area contributed by atoms with Gasteiger partial charge in [-0.05, 0) is 234 Å². The summed E-state index contributed by atoms with van der Waals surface area (Å²) in [4.78, 5) is 4.90. The summed E-state index contributed by atoms with van der Waals surface area (Å²) >= 11 is 3.73. The minimum atomic E-state index is 1.06. The van der Waals surface area contributed by atoms with Crippen LogP contribution in [0.3, 0.4) is 0 Å². The van der Waals surface area contributed by atoms with Crippen LogP contribution in [-0.4, -0.2) is 9.13 Å². The van der Waals surface area contributed by atoms with Gasteiger partial charge < -0.3 is 18.9 Å². The molecule has 122 heavy (non-hydrogen) atoms. The van der Waals surface area contributed by atoms with Crippen LogP contribution in [-0.2, 0) is 0 Å². The molecule has 0 bridgehead atoms. The van der Waals surface area contributed by atoms with Crippen LogP contribution in [0.2, 0.25) is 0 Å². The fourth-order valence-electron chi connectivity index (χ4n) is 19.3. The molecule has 0 amide bonds. The molecule has 0 aliphatic carbocycles. The van der Waals surface area contributed by atoms with E-state index in [4.69, 9.17) is 0 Å². The fraction of sp³-hybridized carbons (Fsp3) is 0. The van der Waals surface area contributed by atoms with Gasteiger partial charge in [0.25, 0.3) is 0 Å². The molecule has 0 atom stereocenters. The monoisotopic (exact) mass is 1590 g/mol. The number of aromatic nitrogens is 2. The van der Waals surface area contributed by atoms with E-state index in [-0.39, 0.29) is 0 Å². The lowest BCUT2D eigenvalue weighted by Crippen LogP contribution is -2.11. The molecule has 20 aromatic carbocycles. The van der Waals surface area contributed by atoms with Crippen LogP contribution in [0.15, 0.2) is 449 Å². The molecule has 0 radical (unpaired) electrons. The molecule has 0 saturated heterocycles. The molecule has 0 spiro atoms. The highest BCUT2D eigenvalue weighted by Crippen LogP contribution is 2.51. The van der Waals surface area contributed by atoms with Crippen LogP contribution in [0.5, 0.6) is 0 Å². The third kappa shape index (κ3) is 11.9. The largest absolute Gasteiger partial charge is 0.310 e. The number of nitrogens with zero attached hydrogens (tertiary/aromatic N) is 4. The van der Waals surface area contributed by atoms with Gasteiger partial charge in [0.15, 0.2) is 0 Å². The van der Waals surface area contributed by atoms with Gasteiger partial charge in [0.2, 0.25) is 0 Å². The van der Waals surface area contributed by atoms with E-state index in [1.54, 1.807) is 0 Å². The van der Waals surface area contributed by atoms with Crippen molar-refractivity contribution in [3.63, 3.8) is 0 Å². The van der Waals surface area contributed by atoms with E-state index >= 15 is 0 Å². The molecular formula is C116H74N4S2. The smallest absolute Gasteiger partial charge is 0.0541 e. The molecule has 0 N–H and O–H groups in total. The van der Waals surface area contributed by atoms with Crippen molar-refractivity contribution in [2.24, 2.45) is 0 Å². The van der Waals surface area contributed by atoms with Crippen molar-refractivity contribution < 1.29 is 0 Å². The maximum atomic E-state index is 2.46. The third-order valence-corrected chi connectivity index (χ3v) is 27.2. The van der Waals surface area contributed by atoms with Gasteiger partial charge >= 0.3 is 0 Å². The predicted octanol–water partition coefficient (Wildman–Crippen LogP) is 33.5. The molecule has 24 rings (SSSR count). The van der Waals surface area contributed by atoms with E-state index in [9.17, 15) is 0 Å². The van der Waals surface area contributed by atoms with Crippen LogP contribution in [0, 0.1) is 0 Å². The zero-order valence-corrected chi connectivity index (χ0v) is 68.0. The summed E-state index contributed by atoms with van der Waals surface area (Å²) in [5.74, 6) is 0. The van der Waals surface area contributed by atoms with Gasteiger partial charge in [0.05, 0.1) is 33.4 Å². The normalized spacial score (nSPS) is 11.8. The van der Waals surface area contributed by atoms with Gasteiger partial charge in [0.1, 0.15) is 0 Å². The zero-order chi connectivity index (χ0) is 80.3. The molecule has 6 heteroatoms. The van der Waals surface area contributed by atoms with Gasteiger partial charge in [-0.25, -0.2) is 0 Å². The molecule has 0 fully saturated rings. The SMILES string of the molecule is c1cc(-c2ccc(-c3cccc4ccccc34)cc2)cc(N(c2ccc(-n3c4ccccc4c4ccccc43)cc2)c2ccccc2-c2cccc3sc4ccc(-c5ccc6c(-c7ccc(-c8ccc(N(c9ccc(-n%10c%11ccccc%11c%11ccccc%11%10)cc9)c9ccccc9-c9cccc%10sc%11ccccc%11c9%10)cc8)cc7)cccc6c5)cc4c23)c1. The average Bonchev–Trinajstić information content (AvgIpc) is 1.66. The fourth-order valence-corrected chi connectivity index (χ4v) is 21.5. The van der Waals surface area contributed by atoms with E-state index < -0.39 is 0 Å². The zero-order valence-electron chi connectivity index (χ0n) is 66.3. The lowest BCUT2D eigenvalue weighted by molar-refractivity contribution is 1.17. The Balaban J connectivity index is 0.555. The van der Waals surface area contributed by atoms with Crippen LogP contribution in [0.25, 0.3) is 195 Å². The highest BCUT2D eigenvalue weighted by molar-refractivity contribution is 7.26. The van der Waals surface area contributed by atoms with Gasteiger partial charge in [-0.1, -0.05) is 303 Å². The Hall–Kier alpha value is -15.4. The number of anilines is 6. The summed E-state index contributed by atoms with van der Waals surface area (Å²) in [6.07, 6.45) is 0. The van der Waals surface area contributed by atoms with E-state index in [0.29, 0.717) is 0 Å². The van der Waals surface area contributed by atoms with Crippen LogP contribution in [0.4, 0.5) is 34.1 Å². The number of hydrogen-bond donors (Lipinski definition) is 0. The minimum Gasteiger partial charge on any atom is -0.310 e. The van der Waals surface area contributed by atoms with E-state index in [1.807, 2.05) is 22.7 Å². The van der Waals surface area contributed by atoms with E-state index in [1.165, 1.54) is 156 Å². The summed E-state index contributed by atoms with van der Waals surface area (Å²) in [6, 6.07) is 166. The van der Waals surface area contributed by atoms with E-state index in [2.05, 4.69) is 468 Å². The molecule has 0 unspecified atom stereocenters. The maximum absolute atomic E-state index is 2.46. The maximum Gasteiger partial charge on any atom is 0.0541 e. The number of para-hydroxylation sites is 6. The van der Waals surface area contributed by atoms with Crippen molar-refractivity contribution in [1.82, 2.24) is 9.13 Å². The number of fused-ring (bicyclic) bond motifs is 14. The molecule has 0 aliphatic rings. The second-order valence-electron chi connectivity index (χ2n) is 31.8. The number of thiophene rings is 2. The van der Waals surface area contributed by atoms with Gasteiger partial charge in [-0.3, -0.25) is 0 Å². The summed E-state index contributed by atoms with van der Waals surface area (Å²) in [7, 11) is 0. The highest BCUT2D eigenvalue weighted by atomic mass is 32.1. The number of hydrogen-bond acceptors (Lipinski definition) is 4. The Morgan fingerprint density at radius 1 is 0.172 bits per heavy atom. The quantitative estimate of drug-likeness (QED) is 0.102. The molecule has 0 aliphatic heterocycles. The molecule has 4 heterocycles. The lowest BCUT2D eigenvalue weighted by Gasteiger charge is -2.29. The third-order valence-electron chi connectivity index (χ3n) is 25.0. The Morgan fingerprint density at radius 2 is 0.508 bits per heavy atom. The predicted molar refractivity (Wildman–Crippen MR) is 523 cm³/mol. The van der Waals surface area contributed by atoms with Gasteiger partial charge in [-0.15, -0.1) is 22.7 Å². The Morgan fingerprint density at radius 3 is 1.06 bits per heavy atom. The second-order valence-corrected chi connectivity index (χ2v) is 33.9. The average molecular weight is 1590 g/mol. The molecule has 24 aromatic rings. The minimum absolute atomic E-state index is 1.06. The molecular weight excluding hydrogens is 1510 g/mol. The van der Waals surface area contributed by atoms with Crippen LogP contribution >= 0.6 is 22.7 Å².